The second kappa shape index (κ2) is 6.71. The van der Waals surface area contributed by atoms with Crippen LogP contribution in [0.4, 0.5) is 0 Å². The molecule has 2 N–H and O–H groups in total. The van der Waals surface area contributed by atoms with E-state index in [1.54, 1.807) is 0 Å². The minimum atomic E-state index is 0.00648. The number of rotatable bonds is 4. The van der Waals surface area contributed by atoms with Crippen LogP contribution in [0.15, 0.2) is 24.4 Å². The molecular weight excluding hydrogens is 272 g/mol. The van der Waals surface area contributed by atoms with Crippen molar-refractivity contribution in [2.24, 2.45) is 5.73 Å². The highest BCUT2D eigenvalue weighted by Crippen LogP contribution is 2.21. The molecule has 2 unspecified atom stereocenters. The minimum absolute atomic E-state index is 0.00648. The van der Waals surface area contributed by atoms with Crippen LogP contribution in [-0.4, -0.2) is 34.0 Å². The molecule has 3 rings (SSSR count). The van der Waals surface area contributed by atoms with Crippen molar-refractivity contribution in [2.75, 3.05) is 13.1 Å². The molecule has 0 amide bonds. The minimum Gasteiger partial charge on any atom is -0.323 e. The van der Waals surface area contributed by atoms with Gasteiger partial charge in [0.05, 0.1) is 11.2 Å². The first kappa shape index (κ1) is 15.4. The molecule has 0 radical (unpaired) electrons. The molecule has 22 heavy (non-hydrogen) atoms. The van der Waals surface area contributed by atoms with Gasteiger partial charge >= 0.3 is 0 Å². The standard InChI is InChI=1S/C18H26N4/c1-13-5-3-4-11-22(13)12-9-16(19)18-7-6-15-14(2)20-10-8-17(15)21-18/h6-8,10,13,16H,3-5,9,11-12,19H2,1-2H3. The summed E-state index contributed by atoms with van der Waals surface area (Å²) in [6, 6.07) is 6.82. The maximum Gasteiger partial charge on any atom is 0.0739 e. The molecule has 4 heteroatoms. The van der Waals surface area contributed by atoms with Crippen molar-refractivity contribution in [3.05, 3.63) is 35.8 Å². The van der Waals surface area contributed by atoms with E-state index >= 15 is 0 Å². The van der Waals surface area contributed by atoms with Crippen LogP contribution in [0.2, 0.25) is 0 Å². The number of aryl methyl sites for hydroxylation is 1. The molecule has 1 saturated heterocycles. The fourth-order valence-corrected chi connectivity index (χ4v) is 3.36. The third kappa shape index (κ3) is 3.28. The zero-order valence-corrected chi connectivity index (χ0v) is 13.6. The highest BCUT2D eigenvalue weighted by atomic mass is 15.2. The topological polar surface area (TPSA) is 55.0 Å². The lowest BCUT2D eigenvalue weighted by Crippen LogP contribution is -2.39. The lowest BCUT2D eigenvalue weighted by Gasteiger charge is -2.33. The smallest absolute Gasteiger partial charge is 0.0739 e. The Morgan fingerprint density at radius 3 is 3.00 bits per heavy atom. The first-order chi connectivity index (χ1) is 10.6. The van der Waals surface area contributed by atoms with E-state index in [0.717, 1.165) is 35.3 Å². The number of hydrogen-bond donors (Lipinski definition) is 1. The van der Waals surface area contributed by atoms with Crippen molar-refractivity contribution in [1.82, 2.24) is 14.9 Å². The fourth-order valence-electron chi connectivity index (χ4n) is 3.36. The number of likely N-dealkylation sites (tertiary alicyclic amines) is 1. The van der Waals surface area contributed by atoms with Gasteiger partial charge in [0.15, 0.2) is 0 Å². The summed E-state index contributed by atoms with van der Waals surface area (Å²) in [5.41, 5.74) is 9.38. The fraction of sp³-hybridized carbons (Fsp3) is 0.556. The van der Waals surface area contributed by atoms with Crippen LogP contribution in [0.3, 0.4) is 0 Å². The molecule has 0 aromatic carbocycles. The van der Waals surface area contributed by atoms with Crippen LogP contribution in [0, 0.1) is 6.92 Å². The van der Waals surface area contributed by atoms with Crippen LogP contribution < -0.4 is 5.73 Å². The zero-order valence-electron chi connectivity index (χ0n) is 13.6. The summed E-state index contributed by atoms with van der Waals surface area (Å²) in [5, 5.41) is 1.11. The quantitative estimate of drug-likeness (QED) is 0.941. The predicted molar refractivity (Wildman–Crippen MR) is 90.7 cm³/mol. The van der Waals surface area contributed by atoms with Crippen LogP contribution in [0.1, 0.15) is 50.0 Å². The highest BCUT2D eigenvalue weighted by molar-refractivity contribution is 5.80. The number of aromatic nitrogens is 2. The summed E-state index contributed by atoms with van der Waals surface area (Å²) in [7, 11) is 0. The van der Waals surface area contributed by atoms with E-state index in [4.69, 9.17) is 10.7 Å². The van der Waals surface area contributed by atoms with Crippen LogP contribution >= 0.6 is 0 Å². The number of piperidine rings is 1. The normalized spacial score (nSPS) is 21.1. The molecule has 3 heterocycles. The van der Waals surface area contributed by atoms with E-state index in [9.17, 15) is 0 Å². The molecule has 118 valence electrons. The van der Waals surface area contributed by atoms with Crippen molar-refractivity contribution in [2.45, 2.75) is 51.6 Å². The summed E-state index contributed by atoms with van der Waals surface area (Å²) in [6.07, 6.45) is 6.78. The molecule has 0 saturated carbocycles. The van der Waals surface area contributed by atoms with Crippen LogP contribution in [0.25, 0.3) is 10.9 Å². The van der Waals surface area contributed by atoms with Gasteiger partial charge in [-0.15, -0.1) is 0 Å². The molecule has 0 aliphatic carbocycles. The predicted octanol–water partition coefficient (Wildman–Crippen LogP) is 3.20. The summed E-state index contributed by atoms with van der Waals surface area (Å²) in [4.78, 5) is 11.6. The Kier molecular flexibility index (Phi) is 4.69. The molecule has 2 aromatic rings. The van der Waals surface area contributed by atoms with Gasteiger partial charge in [0.2, 0.25) is 0 Å². The molecule has 4 nitrogen and oxygen atoms in total. The van der Waals surface area contributed by atoms with E-state index in [-0.39, 0.29) is 6.04 Å². The highest BCUT2D eigenvalue weighted by Gasteiger charge is 2.19. The van der Waals surface area contributed by atoms with E-state index in [1.807, 2.05) is 19.2 Å². The lowest BCUT2D eigenvalue weighted by molar-refractivity contribution is 0.155. The van der Waals surface area contributed by atoms with E-state index in [1.165, 1.54) is 25.8 Å². The van der Waals surface area contributed by atoms with Gasteiger partial charge in [-0.25, -0.2) is 0 Å². The average Bonchev–Trinajstić information content (AvgIpc) is 2.54. The number of nitrogens with zero attached hydrogens (tertiary/aromatic N) is 3. The zero-order chi connectivity index (χ0) is 15.5. The average molecular weight is 298 g/mol. The first-order valence-corrected chi connectivity index (χ1v) is 8.37. The van der Waals surface area contributed by atoms with Crippen LogP contribution in [0.5, 0.6) is 0 Å². The van der Waals surface area contributed by atoms with Crippen molar-refractivity contribution in [3.8, 4) is 0 Å². The van der Waals surface area contributed by atoms with Gasteiger partial charge in [-0.2, -0.15) is 0 Å². The summed E-state index contributed by atoms with van der Waals surface area (Å²) in [5.74, 6) is 0. The summed E-state index contributed by atoms with van der Waals surface area (Å²) in [6.45, 7) is 6.62. The monoisotopic (exact) mass is 298 g/mol. The second-order valence-electron chi connectivity index (χ2n) is 6.48. The van der Waals surface area contributed by atoms with Gasteiger partial charge < -0.3 is 10.6 Å². The number of fused-ring (bicyclic) bond motifs is 1. The van der Waals surface area contributed by atoms with E-state index in [2.05, 4.69) is 28.9 Å². The Balaban J connectivity index is 1.68. The molecule has 1 aliphatic rings. The molecule has 0 spiro atoms. The third-order valence-corrected chi connectivity index (χ3v) is 4.88. The van der Waals surface area contributed by atoms with E-state index < -0.39 is 0 Å². The second-order valence-corrected chi connectivity index (χ2v) is 6.48. The Bertz CT molecular complexity index is 640. The Labute approximate surface area is 132 Å². The molecular formula is C18H26N4. The van der Waals surface area contributed by atoms with Crippen molar-refractivity contribution in [3.63, 3.8) is 0 Å². The SMILES string of the molecule is Cc1nccc2nc(C(N)CCN3CCCCC3C)ccc12. The van der Waals surface area contributed by atoms with Crippen molar-refractivity contribution >= 4 is 10.9 Å². The Hall–Kier alpha value is -1.52. The maximum atomic E-state index is 6.38. The van der Waals surface area contributed by atoms with Gasteiger partial charge in [-0.1, -0.05) is 6.42 Å². The van der Waals surface area contributed by atoms with Gasteiger partial charge in [-0.05, 0) is 57.9 Å². The molecule has 0 bridgehead atoms. The van der Waals surface area contributed by atoms with Gasteiger partial charge in [0.1, 0.15) is 0 Å². The van der Waals surface area contributed by atoms with Crippen molar-refractivity contribution < 1.29 is 0 Å². The maximum absolute atomic E-state index is 6.38. The van der Waals surface area contributed by atoms with Gasteiger partial charge in [0, 0.05) is 35.9 Å². The summed E-state index contributed by atoms with van der Waals surface area (Å²) < 4.78 is 0. The molecule has 1 aliphatic heterocycles. The van der Waals surface area contributed by atoms with Gasteiger partial charge in [-0.3, -0.25) is 9.97 Å². The Morgan fingerprint density at radius 2 is 2.18 bits per heavy atom. The largest absolute Gasteiger partial charge is 0.323 e. The molecule has 2 aromatic heterocycles. The van der Waals surface area contributed by atoms with Gasteiger partial charge in [0.25, 0.3) is 0 Å². The number of pyridine rings is 2. The first-order valence-electron chi connectivity index (χ1n) is 8.37. The lowest BCUT2D eigenvalue weighted by atomic mass is 10.0. The Morgan fingerprint density at radius 1 is 1.32 bits per heavy atom. The summed E-state index contributed by atoms with van der Waals surface area (Å²) >= 11 is 0. The van der Waals surface area contributed by atoms with E-state index in [0.29, 0.717) is 6.04 Å². The third-order valence-electron chi connectivity index (χ3n) is 4.88. The molecule has 1 fully saturated rings. The van der Waals surface area contributed by atoms with Crippen LogP contribution in [-0.2, 0) is 0 Å². The van der Waals surface area contributed by atoms with Crippen molar-refractivity contribution in [1.29, 1.82) is 0 Å². The molecule has 2 atom stereocenters. The number of hydrogen-bond acceptors (Lipinski definition) is 4. The number of nitrogens with two attached hydrogens (primary N) is 1.